The topological polar surface area (TPSA) is 75.9 Å². The van der Waals surface area contributed by atoms with Crippen molar-refractivity contribution in [3.05, 3.63) is 60.0 Å². The molecule has 0 saturated carbocycles. The molecule has 0 bridgehead atoms. The molecule has 0 unspecified atom stereocenters. The molecule has 2 aromatic heterocycles. The molecule has 24 heavy (non-hydrogen) atoms. The summed E-state index contributed by atoms with van der Waals surface area (Å²) in [5.74, 6) is 0.378. The van der Waals surface area contributed by atoms with Gasteiger partial charge in [0.2, 0.25) is 0 Å². The quantitative estimate of drug-likeness (QED) is 0.798. The summed E-state index contributed by atoms with van der Waals surface area (Å²) in [6.07, 6.45) is 1.74. The summed E-state index contributed by atoms with van der Waals surface area (Å²) < 4.78 is 1.85. The first-order chi connectivity index (χ1) is 11.6. The molecule has 2 heterocycles. The minimum Gasteiger partial charge on any atom is -0.343 e. The smallest absolute Gasteiger partial charge is 0.273 e. The molecule has 1 amide bonds. The van der Waals surface area contributed by atoms with E-state index in [-0.39, 0.29) is 5.91 Å². The highest BCUT2D eigenvalue weighted by Gasteiger charge is 2.12. The number of aromatic nitrogens is 4. The maximum Gasteiger partial charge on any atom is 0.273 e. The van der Waals surface area contributed by atoms with Crippen LogP contribution in [0.5, 0.6) is 0 Å². The second kappa shape index (κ2) is 6.49. The number of rotatable bonds is 4. The van der Waals surface area contributed by atoms with Crippen molar-refractivity contribution >= 4 is 17.4 Å². The van der Waals surface area contributed by atoms with Crippen molar-refractivity contribution in [1.29, 1.82) is 0 Å². The second-order valence-electron chi connectivity index (χ2n) is 5.52. The lowest BCUT2D eigenvalue weighted by molar-refractivity contribution is 0.0821. The Kier molecular flexibility index (Phi) is 4.24. The van der Waals surface area contributed by atoms with Gasteiger partial charge in [-0.2, -0.15) is 5.10 Å². The summed E-state index contributed by atoms with van der Waals surface area (Å²) in [5, 5.41) is 15.6. The molecule has 0 atom stereocenters. The number of carbonyl (C=O) groups is 1. The van der Waals surface area contributed by atoms with Crippen molar-refractivity contribution in [2.24, 2.45) is 0 Å². The number of amides is 1. The van der Waals surface area contributed by atoms with Crippen LogP contribution in [0, 0.1) is 6.92 Å². The van der Waals surface area contributed by atoms with E-state index in [0.717, 1.165) is 17.1 Å². The Morgan fingerprint density at radius 3 is 2.46 bits per heavy atom. The SMILES string of the molecule is Cc1c(Nc2ccc(C(=O)N(C)C)nn2)cnn1-c1ccccc1. The third kappa shape index (κ3) is 3.10. The molecular formula is C17H18N6O. The van der Waals surface area contributed by atoms with Crippen molar-refractivity contribution < 1.29 is 4.79 Å². The summed E-state index contributed by atoms with van der Waals surface area (Å²) in [4.78, 5) is 13.3. The number of hydrogen-bond donors (Lipinski definition) is 1. The maximum absolute atomic E-state index is 11.8. The van der Waals surface area contributed by atoms with Crippen molar-refractivity contribution in [2.45, 2.75) is 6.92 Å². The van der Waals surface area contributed by atoms with Gasteiger partial charge >= 0.3 is 0 Å². The molecule has 0 radical (unpaired) electrons. The van der Waals surface area contributed by atoms with Crippen LogP contribution in [0.3, 0.4) is 0 Å². The average molecular weight is 322 g/mol. The first-order valence-corrected chi connectivity index (χ1v) is 7.48. The first kappa shape index (κ1) is 15.7. The van der Waals surface area contributed by atoms with Crippen LogP contribution in [0.4, 0.5) is 11.5 Å². The van der Waals surface area contributed by atoms with Crippen molar-refractivity contribution in [1.82, 2.24) is 24.9 Å². The van der Waals surface area contributed by atoms with Gasteiger partial charge in [0, 0.05) is 14.1 Å². The Morgan fingerprint density at radius 1 is 1.08 bits per heavy atom. The zero-order valence-corrected chi connectivity index (χ0v) is 13.8. The predicted octanol–water partition coefficient (Wildman–Crippen LogP) is 2.42. The van der Waals surface area contributed by atoms with E-state index in [1.165, 1.54) is 4.90 Å². The molecule has 0 aliphatic carbocycles. The van der Waals surface area contributed by atoms with Crippen LogP contribution in [0.1, 0.15) is 16.2 Å². The van der Waals surface area contributed by atoms with Gasteiger partial charge in [0.05, 0.1) is 23.3 Å². The standard InChI is InChI=1S/C17H18N6O/c1-12-15(11-18-23(12)13-7-5-4-6-8-13)19-16-10-9-14(20-21-16)17(24)22(2)3/h4-11H,1-3H3,(H,19,21). The molecular weight excluding hydrogens is 304 g/mol. The molecule has 0 aliphatic heterocycles. The van der Waals surface area contributed by atoms with E-state index in [0.29, 0.717) is 11.5 Å². The van der Waals surface area contributed by atoms with Gasteiger partial charge in [0.25, 0.3) is 5.91 Å². The highest BCUT2D eigenvalue weighted by atomic mass is 16.2. The average Bonchev–Trinajstić information content (AvgIpc) is 2.96. The number of nitrogens with one attached hydrogen (secondary N) is 1. The van der Waals surface area contributed by atoms with Gasteiger partial charge in [0.15, 0.2) is 11.5 Å². The zero-order chi connectivity index (χ0) is 17.1. The number of hydrogen-bond acceptors (Lipinski definition) is 5. The third-order valence-electron chi connectivity index (χ3n) is 3.56. The lowest BCUT2D eigenvalue weighted by atomic mass is 10.3. The van der Waals surface area contributed by atoms with Crippen LogP contribution in [-0.2, 0) is 0 Å². The van der Waals surface area contributed by atoms with Gasteiger partial charge in [-0.25, -0.2) is 4.68 Å². The predicted molar refractivity (Wildman–Crippen MR) is 91.6 cm³/mol. The number of carbonyl (C=O) groups excluding carboxylic acids is 1. The van der Waals surface area contributed by atoms with Gasteiger partial charge in [-0.3, -0.25) is 4.79 Å². The van der Waals surface area contributed by atoms with Crippen LogP contribution in [0.25, 0.3) is 5.69 Å². The summed E-state index contributed by atoms with van der Waals surface area (Å²) >= 11 is 0. The largest absolute Gasteiger partial charge is 0.343 e. The summed E-state index contributed by atoms with van der Waals surface area (Å²) in [7, 11) is 3.36. The van der Waals surface area contributed by atoms with Crippen LogP contribution >= 0.6 is 0 Å². The van der Waals surface area contributed by atoms with Gasteiger partial charge in [-0.05, 0) is 31.2 Å². The number of nitrogens with zero attached hydrogens (tertiary/aromatic N) is 5. The summed E-state index contributed by atoms with van der Waals surface area (Å²) in [6.45, 7) is 1.97. The Hall–Kier alpha value is -3.22. The van der Waals surface area contributed by atoms with Gasteiger partial charge < -0.3 is 10.2 Å². The Labute approximate surface area is 139 Å². The van der Waals surface area contributed by atoms with Gasteiger partial charge in [-0.15, -0.1) is 10.2 Å². The monoisotopic (exact) mass is 322 g/mol. The van der Waals surface area contributed by atoms with E-state index in [1.54, 1.807) is 32.4 Å². The van der Waals surface area contributed by atoms with Gasteiger partial charge in [-0.1, -0.05) is 18.2 Å². The normalized spacial score (nSPS) is 10.5. The number of para-hydroxylation sites is 1. The van der Waals surface area contributed by atoms with Crippen molar-refractivity contribution in [3.63, 3.8) is 0 Å². The van der Waals surface area contributed by atoms with E-state index >= 15 is 0 Å². The van der Waals surface area contributed by atoms with E-state index in [4.69, 9.17) is 0 Å². The molecule has 0 aliphatic rings. The number of anilines is 2. The molecule has 0 fully saturated rings. The molecule has 1 aromatic carbocycles. The molecule has 1 N–H and O–H groups in total. The fourth-order valence-electron chi connectivity index (χ4n) is 2.24. The molecule has 0 saturated heterocycles. The minimum absolute atomic E-state index is 0.179. The Balaban J connectivity index is 1.80. The molecule has 7 heteroatoms. The fraction of sp³-hybridized carbons (Fsp3) is 0.176. The lowest BCUT2D eigenvalue weighted by Crippen LogP contribution is -2.23. The molecule has 122 valence electrons. The Morgan fingerprint density at radius 2 is 1.83 bits per heavy atom. The summed E-state index contributed by atoms with van der Waals surface area (Å²) in [5.41, 5.74) is 3.08. The van der Waals surface area contributed by atoms with Crippen LogP contribution in [0.2, 0.25) is 0 Å². The molecule has 0 spiro atoms. The fourth-order valence-corrected chi connectivity index (χ4v) is 2.24. The zero-order valence-electron chi connectivity index (χ0n) is 13.8. The van der Waals surface area contributed by atoms with Crippen LogP contribution in [0.15, 0.2) is 48.7 Å². The highest BCUT2D eigenvalue weighted by molar-refractivity contribution is 5.91. The second-order valence-corrected chi connectivity index (χ2v) is 5.52. The lowest BCUT2D eigenvalue weighted by Gasteiger charge is -2.09. The highest BCUT2D eigenvalue weighted by Crippen LogP contribution is 2.21. The summed E-state index contributed by atoms with van der Waals surface area (Å²) in [6, 6.07) is 13.3. The van der Waals surface area contributed by atoms with Crippen LogP contribution in [-0.4, -0.2) is 44.9 Å². The minimum atomic E-state index is -0.179. The van der Waals surface area contributed by atoms with Crippen LogP contribution < -0.4 is 5.32 Å². The third-order valence-corrected chi connectivity index (χ3v) is 3.56. The first-order valence-electron chi connectivity index (χ1n) is 7.48. The van der Waals surface area contributed by atoms with Gasteiger partial charge in [0.1, 0.15) is 0 Å². The molecule has 3 aromatic rings. The Bertz CT molecular complexity index is 839. The molecule has 7 nitrogen and oxygen atoms in total. The van der Waals surface area contributed by atoms with Crippen molar-refractivity contribution in [3.8, 4) is 5.69 Å². The number of benzene rings is 1. The van der Waals surface area contributed by atoms with Crippen molar-refractivity contribution in [2.75, 3.05) is 19.4 Å². The van der Waals surface area contributed by atoms with E-state index in [2.05, 4.69) is 20.6 Å². The van der Waals surface area contributed by atoms with E-state index < -0.39 is 0 Å². The van der Waals surface area contributed by atoms with E-state index in [9.17, 15) is 4.79 Å². The maximum atomic E-state index is 11.8. The van der Waals surface area contributed by atoms with E-state index in [1.807, 2.05) is 41.9 Å². The molecule has 3 rings (SSSR count).